The van der Waals surface area contributed by atoms with E-state index in [-0.39, 0.29) is 0 Å². The zero-order valence-electron chi connectivity index (χ0n) is 23.5. The van der Waals surface area contributed by atoms with Crippen LogP contribution < -0.4 is 9.80 Å². The van der Waals surface area contributed by atoms with E-state index in [1.165, 1.54) is 33.3 Å². The Morgan fingerprint density at radius 3 is 1.55 bits per heavy atom. The number of nitrogens with zero attached hydrogens (tertiary/aromatic N) is 2. The Bertz CT molecular complexity index is 1820. The predicted octanol–water partition coefficient (Wildman–Crippen LogP) is 11.3. The summed E-state index contributed by atoms with van der Waals surface area (Å²) in [5, 5.41) is 2.45. The molecule has 0 fully saturated rings. The van der Waals surface area contributed by atoms with Crippen LogP contribution in [0.3, 0.4) is 0 Å². The fraction of sp³-hybridized carbons (Fsp3) is 0.0500. The molecule has 0 amide bonds. The average molecular weight is 541 g/mol. The molecule has 0 unspecified atom stereocenters. The number of para-hydroxylation sites is 3. The van der Waals surface area contributed by atoms with Gasteiger partial charge in [-0.25, -0.2) is 0 Å². The molecule has 0 aliphatic heterocycles. The van der Waals surface area contributed by atoms with Crippen molar-refractivity contribution in [1.29, 1.82) is 0 Å². The largest absolute Gasteiger partial charge is 0.311 e. The molecule has 0 N–H and O–H groups in total. The molecule has 1 aliphatic rings. The molecular weight excluding hydrogens is 508 g/mol. The third kappa shape index (κ3) is 5.00. The minimum atomic E-state index is 1.06. The molecule has 202 valence electrons. The third-order valence-corrected chi connectivity index (χ3v) is 7.85. The van der Waals surface area contributed by atoms with Crippen LogP contribution in [-0.4, -0.2) is 0 Å². The van der Waals surface area contributed by atoms with Crippen molar-refractivity contribution in [2.45, 2.75) is 12.8 Å². The van der Waals surface area contributed by atoms with E-state index in [2.05, 4.69) is 180 Å². The molecule has 1 aliphatic carbocycles. The number of rotatable bonds is 7. The molecule has 6 aromatic rings. The van der Waals surface area contributed by atoms with Crippen molar-refractivity contribution in [1.82, 2.24) is 0 Å². The van der Waals surface area contributed by atoms with Gasteiger partial charge in [0.25, 0.3) is 0 Å². The quantitative estimate of drug-likeness (QED) is 0.199. The summed E-state index contributed by atoms with van der Waals surface area (Å²) in [5.74, 6) is 0. The number of allylic oxidation sites excluding steroid dienone is 3. The second-order valence-electron chi connectivity index (χ2n) is 10.5. The molecule has 0 radical (unpaired) electrons. The Labute approximate surface area is 248 Å². The summed E-state index contributed by atoms with van der Waals surface area (Å²) in [6, 6.07) is 54.1. The van der Waals surface area contributed by atoms with Crippen molar-refractivity contribution in [2.75, 3.05) is 9.80 Å². The van der Waals surface area contributed by atoms with Crippen LogP contribution in [0.5, 0.6) is 0 Å². The van der Waals surface area contributed by atoms with Gasteiger partial charge in [0, 0.05) is 33.8 Å². The van der Waals surface area contributed by atoms with Crippen LogP contribution >= 0.6 is 0 Å². The molecule has 0 atom stereocenters. The average Bonchev–Trinajstić information content (AvgIpc) is 3.07. The molecule has 0 aromatic heterocycles. The van der Waals surface area contributed by atoms with Crippen LogP contribution in [0, 0.1) is 0 Å². The molecule has 7 rings (SSSR count). The maximum Gasteiger partial charge on any atom is 0.0540 e. The van der Waals surface area contributed by atoms with Gasteiger partial charge in [-0.1, -0.05) is 109 Å². The van der Waals surface area contributed by atoms with Crippen LogP contribution in [0.4, 0.5) is 28.4 Å². The Morgan fingerprint density at radius 1 is 0.405 bits per heavy atom. The standard InChI is InChI=1S/C40H32N2/c1-5-15-32(16-6-1)41(33-17-7-2-8-18-33)36-29-27-31(28-30-36)37-23-13-25-39-38(37)24-14-26-40(39)42(34-19-9-3-10-20-34)35-21-11-4-12-22-35/h1,3-7,9-30H,2,8H2. The number of anilines is 5. The van der Waals surface area contributed by atoms with Gasteiger partial charge in [0.1, 0.15) is 0 Å². The van der Waals surface area contributed by atoms with Crippen LogP contribution in [0.2, 0.25) is 0 Å². The van der Waals surface area contributed by atoms with Gasteiger partial charge < -0.3 is 9.80 Å². The smallest absolute Gasteiger partial charge is 0.0540 e. The number of hydrogen-bond donors (Lipinski definition) is 0. The lowest BCUT2D eigenvalue weighted by Crippen LogP contribution is -2.16. The van der Waals surface area contributed by atoms with E-state index in [9.17, 15) is 0 Å². The second-order valence-corrected chi connectivity index (χ2v) is 10.5. The molecule has 0 heterocycles. The molecule has 42 heavy (non-hydrogen) atoms. The molecule has 0 bridgehead atoms. The third-order valence-electron chi connectivity index (χ3n) is 7.85. The van der Waals surface area contributed by atoms with Crippen molar-refractivity contribution >= 4 is 39.2 Å². The lowest BCUT2D eigenvalue weighted by molar-refractivity contribution is 0.997. The summed E-state index contributed by atoms with van der Waals surface area (Å²) in [6.07, 6.45) is 9.00. The number of hydrogen-bond acceptors (Lipinski definition) is 2. The van der Waals surface area contributed by atoms with Crippen LogP contribution in [0.1, 0.15) is 12.8 Å². The van der Waals surface area contributed by atoms with E-state index in [1.807, 2.05) is 0 Å². The van der Waals surface area contributed by atoms with Gasteiger partial charge in [-0.05, 0) is 90.0 Å². The van der Waals surface area contributed by atoms with Gasteiger partial charge >= 0.3 is 0 Å². The monoisotopic (exact) mass is 540 g/mol. The first-order chi connectivity index (χ1) is 20.9. The van der Waals surface area contributed by atoms with Gasteiger partial charge in [-0.3, -0.25) is 0 Å². The summed E-state index contributed by atoms with van der Waals surface area (Å²) in [5.41, 5.74) is 9.41. The van der Waals surface area contributed by atoms with E-state index in [4.69, 9.17) is 0 Å². The first kappa shape index (κ1) is 25.6. The maximum atomic E-state index is 2.35. The van der Waals surface area contributed by atoms with Crippen LogP contribution in [-0.2, 0) is 0 Å². The minimum absolute atomic E-state index is 1.06. The highest BCUT2D eigenvalue weighted by molar-refractivity contribution is 6.05. The molecule has 0 spiro atoms. The second kappa shape index (κ2) is 11.6. The van der Waals surface area contributed by atoms with E-state index in [1.54, 1.807) is 0 Å². The van der Waals surface area contributed by atoms with Crippen molar-refractivity contribution in [3.63, 3.8) is 0 Å². The zero-order chi connectivity index (χ0) is 28.1. The van der Waals surface area contributed by atoms with Gasteiger partial charge in [-0.2, -0.15) is 0 Å². The zero-order valence-corrected chi connectivity index (χ0v) is 23.5. The van der Waals surface area contributed by atoms with E-state index in [0.29, 0.717) is 0 Å². The molecule has 2 nitrogen and oxygen atoms in total. The topological polar surface area (TPSA) is 6.48 Å². The normalized spacial score (nSPS) is 12.6. The number of benzene rings is 6. The molecular formula is C40H32N2. The van der Waals surface area contributed by atoms with E-state index < -0.39 is 0 Å². The van der Waals surface area contributed by atoms with Crippen molar-refractivity contribution in [2.24, 2.45) is 0 Å². The predicted molar refractivity (Wildman–Crippen MR) is 179 cm³/mol. The Morgan fingerprint density at radius 2 is 0.952 bits per heavy atom. The summed E-state index contributed by atoms with van der Waals surface area (Å²) >= 11 is 0. The SMILES string of the molecule is C1=CC(N(c2ccccc2)c2ccc(-c3cccc4c(N(c5ccccc5)c5ccccc5)cccc34)cc2)=CCC1. The Kier molecular flexibility index (Phi) is 7.10. The lowest BCUT2D eigenvalue weighted by atomic mass is 9.96. The van der Waals surface area contributed by atoms with Gasteiger partial charge in [0.15, 0.2) is 0 Å². The van der Waals surface area contributed by atoms with Crippen LogP contribution in [0.25, 0.3) is 21.9 Å². The summed E-state index contributed by atoms with van der Waals surface area (Å²) in [4.78, 5) is 4.69. The van der Waals surface area contributed by atoms with E-state index >= 15 is 0 Å². The summed E-state index contributed by atoms with van der Waals surface area (Å²) in [7, 11) is 0. The molecule has 2 heteroatoms. The summed E-state index contributed by atoms with van der Waals surface area (Å²) < 4.78 is 0. The highest BCUT2D eigenvalue weighted by Crippen LogP contribution is 2.41. The first-order valence-corrected chi connectivity index (χ1v) is 14.6. The van der Waals surface area contributed by atoms with Gasteiger partial charge in [-0.15, -0.1) is 0 Å². The maximum absolute atomic E-state index is 2.35. The first-order valence-electron chi connectivity index (χ1n) is 14.6. The molecule has 0 saturated carbocycles. The fourth-order valence-electron chi connectivity index (χ4n) is 5.90. The Hall–Kier alpha value is -5.34. The van der Waals surface area contributed by atoms with Crippen molar-refractivity contribution in [3.8, 4) is 11.1 Å². The van der Waals surface area contributed by atoms with Crippen LogP contribution in [0.15, 0.2) is 176 Å². The van der Waals surface area contributed by atoms with Crippen molar-refractivity contribution < 1.29 is 0 Å². The molecule has 6 aromatic carbocycles. The fourth-order valence-corrected chi connectivity index (χ4v) is 5.90. The van der Waals surface area contributed by atoms with E-state index in [0.717, 1.165) is 35.6 Å². The molecule has 0 saturated heterocycles. The lowest BCUT2D eigenvalue weighted by Gasteiger charge is -2.28. The summed E-state index contributed by atoms with van der Waals surface area (Å²) in [6.45, 7) is 0. The van der Waals surface area contributed by atoms with Gasteiger partial charge in [0.05, 0.1) is 5.69 Å². The van der Waals surface area contributed by atoms with Crippen molar-refractivity contribution in [3.05, 3.63) is 176 Å². The highest BCUT2D eigenvalue weighted by atomic mass is 15.1. The van der Waals surface area contributed by atoms with Gasteiger partial charge in [0.2, 0.25) is 0 Å². The number of fused-ring (bicyclic) bond motifs is 1. The minimum Gasteiger partial charge on any atom is -0.311 e. The Balaban J connectivity index is 1.31. The highest BCUT2D eigenvalue weighted by Gasteiger charge is 2.17.